The molecule has 2 N–H and O–H groups in total. The van der Waals surface area contributed by atoms with Gasteiger partial charge in [-0.3, -0.25) is 4.79 Å². The van der Waals surface area contributed by atoms with Crippen molar-refractivity contribution >= 4 is 17.2 Å². The summed E-state index contributed by atoms with van der Waals surface area (Å²) in [5.41, 5.74) is 2.34. The molecule has 1 heterocycles. The Kier molecular flexibility index (Phi) is 3.74. The molecule has 1 aliphatic rings. The van der Waals surface area contributed by atoms with E-state index in [2.05, 4.69) is 5.32 Å². The van der Waals surface area contributed by atoms with Crippen molar-refractivity contribution in [3.05, 3.63) is 51.2 Å². The molecular weight excluding hydrogens is 270 g/mol. The number of phenolic OH excluding ortho intramolecular Hbond substituents is 1. The maximum atomic E-state index is 12.2. The molecule has 0 aliphatic heterocycles. The Hall–Kier alpha value is -1.81. The lowest BCUT2D eigenvalue weighted by atomic mass is 9.99. The van der Waals surface area contributed by atoms with Gasteiger partial charge in [0.1, 0.15) is 5.75 Å². The van der Waals surface area contributed by atoms with E-state index in [4.69, 9.17) is 0 Å². The van der Waals surface area contributed by atoms with Gasteiger partial charge >= 0.3 is 0 Å². The number of phenols is 1. The number of carbonyl (C=O) groups is 1. The number of aromatic hydroxyl groups is 1. The van der Waals surface area contributed by atoms with Crippen molar-refractivity contribution in [1.82, 2.24) is 5.32 Å². The number of rotatable bonds is 3. The van der Waals surface area contributed by atoms with Crippen molar-refractivity contribution in [3.63, 3.8) is 0 Å². The van der Waals surface area contributed by atoms with Crippen LogP contribution in [0.25, 0.3) is 0 Å². The Labute approximate surface area is 122 Å². The number of carbonyl (C=O) groups excluding carboxylic acids is 1. The molecule has 0 spiro atoms. The largest absolute Gasteiger partial charge is 0.508 e. The zero-order valence-corrected chi connectivity index (χ0v) is 12.0. The van der Waals surface area contributed by atoms with Crippen LogP contribution in [-0.2, 0) is 19.4 Å². The van der Waals surface area contributed by atoms with Gasteiger partial charge in [-0.25, -0.2) is 0 Å². The second-order valence-corrected chi connectivity index (χ2v) is 6.25. The molecule has 0 atom stereocenters. The topological polar surface area (TPSA) is 49.3 Å². The fourth-order valence-corrected chi connectivity index (χ4v) is 3.66. The van der Waals surface area contributed by atoms with E-state index in [0.29, 0.717) is 6.54 Å². The summed E-state index contributed by atoms with van der Waals surface area (Å²) in [5.74, 6) is 0.239. The summed E-state index contributed by atoms with van der Waals surface area (Å²) in [6, 6.07) is 8.94. The molecule has 3 rings (SSSR count). The minimum atomic E-state index is -0.00234. The smallest absolute Gasteiger partial charge is 0.261 e. The lowest BCUT2D eigenvalue weighted by molar-refractivity contribution is 0.0955. The van der Waals surface area contributed by atoms with Crippen LogP contribution in [0.15, 0.2) is 30.3 Å². The zero-order chi connectivity index (χ0) is 13.9. The monoisotopic (exact) mass is 287 g/mol. The quantitative estimate of drug-likeness (QED) is 0.910. The van der Waals surface area contributed by atoms with Crippen molar-refractivity contribution in [2.24, 2.45) is 0 Å². The highest BCUT2D eigenvalue weighted by molar-refractivity contribution is 7.14. The molecule has 1 aliphatic carbocycles. The summed E-state index contributed by atoms with van der Waals surface area (Å²) in [6.07, 6.45) is 4.70. The van der Waals surface area contributed by atoms with Crippen LogP contribution in [0.2, 0.25) is 0 Å². The van der Waals surface area contributed by atoms with Gasteiger partial charge in [0.2, 0.25) is 0 Å². The number of nitrogens with one attached hydrogen (secondary N) is 1. The molecule has 2 aromatic rings. The summed E-state index contributed by atoms with van der Waals surface area (Å²) in [5, 5.41) is 12.2. The molecule has 1 amide bonds. The van der Waals surface area contributed by atoms with E-state index < -0.39 is 0 Å². The highest BCUT2D eigenvalue weighted by Crippen LogP contribution is 2.29. The lowest BCUT2D eigenvalue weighted by Crippen LogP contribution is -2.21. The Bertz CT molecular complexity index is 592. The molecule has 4 heteroatoms. The average Bonchev–Trinajstić information content (AvgIpc) is 2.90. The predicted octanol–water partition coefficient (Wildman–Crippen LogP) is 3.26. The first kappa shape index (κ1) is 13.2. The molecule has 3 nitrogen and oxygen atoms in total. The number of aryl methyl sites for hydroxylation is 2. The minimum Gasteiger partial charge on any atom is -0.508 e. The Morgan fingerprint density at radius 3 is 2.70 bits per heavy atom. The van der Waals surface area contributed by atoms with E-state index in [9.17, 15) is 9.90 Å². The fraction of sp³-hybridized carbons (Fsp3) is 0.312. The summed E-state index contributed by atoms with van der Waals surface area (Å²) in [4.78, 5) is 14.3. The molecule has 1 aromatic heterocycles. The SMILES string of the molecule is O=C(NCc1ccc(O)cc1)c1cc2c(s1)CCCC2. The van der Waals surface area contributed by atoms with Crippen LogP contribution in [0, 0.1) is 0 Å². The first-order valence-corrected chi connectivity index (χ1v) is 7.72. The number of hydrogen-bond donors (Lipinski definition) is 2. The van der Waals surface area contributed by atoms with Crippen molar-refractivity contribution in [3.8, 4) is 5.75 Å². The van der Waals surface area contributed by atoms with Crippen LogP contribution in [0.4, 0.5) is 0 Å². The van der Waals surface area contributed by atoms with Gasteiger partial charge in [-0.05, 0) is 55.0 Å². The van der Waals surface area contributed by atoms with E-state index in [1.54, 1.807) is 23.5 Å². The van der Waals surface area contributed by atoms with Gasteiger partial charge in [0.05, 0.1) is 4.88 Å². The van der Waals surface area contributed by atoms with Crippen LogP contribution in [0.5, 0.6) is 5.75 Å². The van der Waals surface area contributed by atoms with E-state index in [1.165, 1.54) is 23.3 Å². The van der Waals surface area contributed by atoms with Gasteiger partial charge in [-0.1, -0.05) is 12.1 Å². The number of fused-ring (bicyclic) bond motifs is 1. The second-order valence-electron chi connectivity index (χ2n) is 5.12. The molecule has 0 fully saturated rings. The molecule has 104 valence electrons. The molecule has 20 heavy (non-hydrogen) atoms. The normalized spacial score (nSPS) is 13.8. The van der Waals surface area contributed by atoms with E-state index in [1.807, 2.05) is 18.2 Å². The van der Waals surface area contributed by atoms with Gasteiger partial charge in [0.25, 0.3) is 5.91 Å². The number of amides is 1. The molecule has 0 saturated carbocycles. The van der Waals surface area contributed by atoms with E-state index >= 15 is 0 Å². The standard InChI is InChI=1S/C16H17NO2S/c18-13-7-5-11(6-8-13)10-17-16(19)15-9-12-3-1-2-4-14(12)20-15/h5-9,18H,1-4,10H2,(H,17,19). The first-order chi connectivity index (χ1) is 9.72. The summed E-state index contributed by atoms with van der Waals surface area (Å²) >= 11 is 1.63. The third-order valence-electron chi connectivity index (χ3n) is 3.61. The highest BCUT2D eigenvalue weighted by atomic mass is 32.1. The van der Waals surface area contributed by atoms with Gasteiger partial charge in [0, 0.05) is 11.4 Å². The van der Waals surface area contributed by atoms with Crippen molar-refractivity contribution in [2.75, 3.05) is 0 Å². The minimum absolute atomic E-state index is 0.00234. The summed E-state index contributed by atoms with van der Waals surface area (Å²) in [6.45, 7) is 0.488. The number of benzene rings is 1. The summed E-state index contributed by atoms with van der Waals surface area (Å²) in [7, 11) is 0. The average molecular weight is 287 g/mol. The van der Waals surface area contributed by atoms with Crippen LogP contribution >= 0.6 is 11.3 Å². The second kappa shape index (κ2) is 5.67. The Morgan fingerprint density at radius 2 is 1.95 bits per heavy atom. The highest BCUT2D eigenvalue weighted by Gasteiger charge is 2.16. The van der Waals surface area contributed by atoms with Gasteiger partial charge in [-0.2, -0.15) is 0 Å². The van der Waals surface area contributed by atoms with Crippen LogP contribution in [-0.4, -0.2) is 11.0 Å². The van der Waals surface area contributed by atoms with Crippen molar-refractivity contribution in [1.29, 1.82) is 0 Å². The van der Waals surface area contributed by atoms with Crippen molar-refractivity contribution in [2.45, 2.75) is 32.2 Å². The van der Waals surface area contributed by atoms with E-state index in [0.717, 1.165) is 23.3 Å². The predicted molar refractivity (Wildman–Crippen MR) is 80.2 cm³/mol. The molecule has 1 aromatic carbocycles. The molecule has 0 unspecified atom stereocenters. The fourth-order valence-electron chi connectivity index (χ4n) is 2.49. The van der Waals surface area contributed by atoms with Crippen molar-refractivity contribution < 1.29 is 9.90 Å². The van der Waals surface area contributed by atoms with Crippen LogP contribution in [0.1, 0.15) is 38.5 Å². The third-order valence-corrected chi connectivity index (χ3v) is 4.85. The lowest BCUT2D eigenvalue weighted by Gasteiger charge is -2.08. The zero-order valence-electron chi connectivity index (χ0n) is 11.2. The van der Waals surface area contributed by atoms with Gasteiger partial charge in [-0.15, -0.1) is 11.3 Å². The number of thiophene rings is 1. The number of hydrogen-bond acceptors (Lipinski definition) is 3. The van der Waals surface area contributed by atoms with Gasteiger partial charge < -0.3 is 10.4 Å². The maximum absolute atomic E-state index is 12.2. The molecular formula is C16H17NO2S. The molecule has 0 bridgehead atoms. The maximum Gasteiger partial charge on any atom is 0.261 e. The van der Waals surface area contributed by atoms with E-state index in [-0.39, 0.29) is 11.7 Å². The Balaban J connectivity index is 1.64. The third kappa shape index (κ3) is 2.85. The van der Waals surface area contributed by atoms with Crippen LogP contribution in [0.3, 0.4) is 0 Å². The molecule has 0 radical (unpaired) electrons. The first-order valence-electron chi connectivity index (χ1n) is 6.90. The van der Waals surface area contributed by atoms with Gasteiger partial charge in [0.15, 0.2) is 0 Å². The molecule has 0 saturated heterocycles. The van der Waals surface area contributed by atoms with Crippen LogP contribution < -0.4 is 5.32 Å². The summed E-state index contributed by atoms with van der Waals surface area (Å²) < 4.78 is 0. The Morgan fingerprint density at radius 1 is 1.20 bits per heavy atom.